The fourth-order valence-corrected chi connectivity index (χ4v) is 4.81. The van der Waals surface area contributed by atoms with Gasteiger partial charge in [0, 0.05) is 38.1 Å². The number of hydrogen-bond donors (Lipinski definition) is 2. The smallest absolute Gasteiger partial charge is 0.194 e. The molecule has 1 aliphatic heterocycles. The quantitative estimate of drug-likeness (QED) is 0.630. The van der Waals surface area contributed by atoms with E-state index in [1.165, 1.54) is 6.42 Å². The average molecular weight is 382 g/mol. The van der Waals surface area contributed by atoms with Crippen molar-refractivity contribution in [3.63, 3.8) is 0 Å². The third-order valence-corrected chi connectivity index (χ3v) is 6.29. The molecule has 0 amide bonds. The molecule has 2 aliphatic rings. The van der Waals surface area contributed by atoms with Crippen LogP contribution in [0.15, 0.2) is 41.5 Å². The summed E-state index contributed by atoms with van der Waals surface area (Å²) in [5.41, 5.74) is 2.30. The number of ether oxygens (including phenoxy) is 1. The predicted octanol–water partition coefficient (Wildman–Crippen LogP) is 3.29. The molecule has 2 N–H and O–H groups in total. The van der Waals surface area contributed by atoms with E-state index in [0.717, 1.165) is 36.1 Å². The Morgan fingerprint density at radius 1 is 1.36 bits per heavy atom. The van der Waals surface area contributed by atoms with Gasteiger partial charge >= 0.3 is 0 Å². The third-order valence-electron chi connectivity index (χ3n) is 6.29. The second-order valence-corrected chi connectivity index (χ2v) is 8.55. The Morgan fingerprint density at radius 3 is 2.89 bits per heavy atom. The minimum Gasteiger partial charge on any atom is -0.377 e. The van der Waals surface area contributed by atoms with E-state index in [1.807, 2.05) is 31.4 Å². The lowest BCUT2D eigenvalue weighted by molar-refractivity contribution is -0.188. The maximum absolute atomic E-state index is 6.03. The van der Waals surface area contributed by atoms with Crippen molar-refractivity contribution in [3.8, 4) is 11.3 Å². The summed E-state index contributed by atoms with van der Waals surface area (Å²) in [5.74, 6) is 2.40. The van der Waals surface area contributed by atoms with E-state index >= 15 is 0 Å². The Bertz CT molecular complexity index is 828. The van der Waals surface area contributed by atoms with Gasteiger partial charge in [-0.2, -0.15) is 0 Å². The van der Waals surface area contributed by atoms with Gasteiger partial charge in [0.25, 0.3) is 0 Å². The molecule has 2 heterocycles. The van der Waals surface area contributed by atoms with E-state index in [4.69, 9.17) is 4.74 Å². The molecule has 4 rings (SSSR count). The topological polar surface area (TPSA) is 65.5 Å². The molecular weight excluding hydrogens is 350 g/mol. The summed E-state index contributed by atoms with van der Waals surface area (Å²) in [6.07, 6.45) is 4.64. The molecule has 1 aromatic heterocycles. The standard InChI is InChI=1S/C22H31N5O/c1-22(2)19(16-11-8-12-28-20(16)22)26-21(23-3)27(4)14-18-24-13-17(25-18)15-9-6-5-7-10-15/h5-7,9-10,13,16,19-20H,8,11-12,14H2,1-4H3,(H,23,26)(H,24,25). The van der Waals surface area contributed by atoms with Crippen LogP contribution < -0.4 is 5.32 Å². The maximum Gasteiger partial charge on any atom is 0.194 e. The number of nitrogens with one attached hydrogen (secondary N) is 2. The fraction of sp³-hybridized carbons (Fsp3) is 0.545. The van der Waals surface area contributed by atoms with E-state index in [-0.39, 0.29) is 5.41 Å². The Hall–Kier alpha value is -2.34. The zero-order valence-electron chi connectivity index (χ0n) is 17.3. The number of aromatic nitrogens is 2. The number of nitrogens with zero attached hydrogens (tertiary/aromatic N) is 3. The van der Waals surface area contributed by atoms with E-state index in [1.54, 1.807) is 0 Å². The van der Waals surface area contributed by atoms with Crippen LogP contribution in [0.1, 0.15) is 32.5 Å². The normalized spacial score (nSPS) is 26.3. The van der Waals surface area contributed by atoms with Crippen LogP contribution >= 0.6 is 0 Å². The molecule has 6 heteroatoms. The van der Waals surface area contributed by atoms with Crippen molar-refractivity contribution in [1.29, 1.82) is 0 Å². The summed E-state index contributed by atoms with van der Waals surface area (Å²) in [7, 11) is 3.90. The first-order valence-electron chi connectivity index (χ1n) is 10.2. The molecule has 0 spiro atoms. The van der Waals surface area contributed by atoms with Gasteiger partial charge in [-0.15, -0.1) is 0 Å². The molecule has 6 nitrogen and oxygen atoms in total. The van der Waals surface area contributed by atoms with Crippen LogP contribution in [-0.2, 0) is 11.3 Å². The maximum atomic E-state index is 6.03. The fourth-order valence-electron chi connectivity index (χ4n) is 4.81. The first-order chi connectivity index (χ1) is 13.5. The largest absolute Gasteiger partial charge is 0.377 e. The highest BCUT2D eigenvalue weighted by Gasteiger charge is 2.58. The summed E-state index contributed by atoms with van der Waals surface area (Å²) in [6, 6.07) is 10.7. The van der Waals surface area contributed by atoms with Gasteiger partial charge in [0.05, 0.1) is 24.5 Å². The Morgan fingerprint density at radius 2 is 2.14 bits per heavy atom. The minimum absolute atomic E-state index is 0.118. The summed E-state index contributed by atoms with van der Waals surface area (Å²) in [6.45, 7) is 6.16. The molecule has 3 unspecified atom stereocenters. The number of benzene rings is 1. The Balaban J connectivity index is 1.41. The van der Waals surface area contributed by atoms with Crippen LogP contribution in [0, 0.1) is 11.3 Å². The Labute approximate surface area is 167 Å². The molecule has 150 valence electrons. The van der Waals surface area contributed by atoms with Gasteiger partial charge in [0.15, 0.2) is 5.96 Å². The van der Waals surface area contributed by atoms with Crippen molar-refractivity contribution in [2.24, 2.45) is 16.3 Å². The molecule has 1 saturated carbocycles. The van der Waals surface area contributed by atoms with Crippen LogP contribution in [0.25, 0.3) is 11.3 Å². The van der Waals surface area contributed by atoms with Crippen molar-refractivity contribution >= 4 is 5.96 Å². The number of hydrogen-bond acceptors (Lipinski definition) is 3. The molecule has 1 aromatic carbocycles. The van der Waals surface area contributed by atoms with E-state index in [9.17, 15) is 0 Å². The molecule has 2 aromatic rings. The summed E-state index contributed by atoms with van der Waals surface area (Å²) >= 11 is 0. The zero-order chi connectivity index (χ0) is 19.7. The van der Waals surface area contributed by atoms with Gasteiger partial charge < -0.3 is 19.9 Å². The second-order valence-electron chi connectivity index (χ2n) is 8.55. The first kappa shape index (κ1) is 19.0. The number of H-pyrrole nitrogens is 1. The van der Waals surface area contributed by atoms with Crippen LogP contribution in [0.3, 0.4) is 0 Å². The molecular formula is C22H31N5O. The predicted molar refractivity (Wildman–Crippen MR) is 112 cm³/mol. The summed E-state index contributed by atoms with van der Waals surface area (Å²) < 4.78 is 6.03. The van der Waals surface area contributed by atoms with Crippen molar-refractivity contribution in [3.05, 3.63) is 42.4 Å². The van der Waals surface area contributed by atoms with Gasteiger partial charge in [-0.1, -0.05) is 44.2 Å². The summed E-state index contributed by atoms with van der Waals surface area (Å²) in [5, 5.41) is 3.71. The van der Waals surface area contributed by atoms with Gasteiger partial charge in [0.1, 0.15) is 5.82 Å². The summed E-state index contributed by atoms with van der Waals surface area (Å²) in [4.78, 5) is 14.6. The second kappa shape index (κ2) is 7.59. The number of guanidine groups is 1. The van der Waals surface area contributed by atoms with Crippen molar-refractivity contribution in [2.75, 3.05) is 20.7 Å². The molecule has 3 atom stereocenters. The lowest BCUT2D eigenvalue weighted by atomic mass is 9.55. The molecule has 1 aliphatic carbocycles. The molecule has 0 bridgehead atoms. The van der Waals surface area contributed by atoms with Crippen LogP contribution in [-0.4, -0.2) is 53.7 Å². The first-order valence-corrected chi connectivity index (χ1v) is 10.2. The van der Waals surface area contributed by atoms with Gasteiger partial charge in [-0.25, -0.2) is 4.98 Å². The van der Waals surface area contributed by atoms with E-state index in [2.05, 4.69) is 58.2 Å². The highest BCUT2D eigenvalue weighted by Crippen LogP contribution is 2.51. The van der Waals surface area contributed by atoms with E-state index in [0.29, 0.717) is 24.6 Å². The van der Waals surface area contributed by atoms with Crippen LogP contribution in [0.4, 0.5) is 0 Å². The number of fused-ring (bicyclic) bond motifs is 1. The van der Waals surface area contributed by atoms with Gasteiger partial charge in [-0.05, 0) is 18.4 Å². The third kappa shape index (κ3) is 3.41. The lowest BCUT2D eigenvalue weighted by Crippen LogP contribution is -2.71. The lowest BCUT2D eigenvalue weighted by Gasteiger charge is -2.60. The SMILES string of the molecule is CN=C(NC1C2CCCOC2C1(C)C)N(C)Cc1ncc(-c2ccccc2)[nH]1. The number of aromatic amines is 1. The van der Waals surface area contributed by atoms with E-state index < -0.39 is 0 Å². The Kier molecular flexibility index (Phi) is 5.15. The molecule has 0 radical (unpaired) electrons. The van der Waals surface area contributed by atoms with Gasteiger partial charge in [0.2, 0.25) is 0 Å². The minimum atomic E-state index is 0.118. The van der Waals surface area contributed by atoms with Crippen molar-refractivity contribution in [1.82, 2.24) is 20.2 Å². The average Bonchev–Trinajstić information content (AvgIpc) is 3.17. The monoisotopic (exact) mass is 381 g/mol. The molecule has 1 saturated heterocycles. The molecule has 2 fully saturated rings. The number of rotatable bonds is 4. The number of aliphatic imine (C=N–C) groups is 1. The molecule has 28 heavy (non-hydrogen) atoms. The number of imidazole rings is 1. The zero-order valence-corrected chi connectivity index (χ0v) is 17.3. The van der Waals surface area contributed by atoms with Crippen molar-refractivity contribution < 1.29 is 4.74 Å². The van der Waals surface area contributed by atoms with Gasteiger partial charge in [-0.3, -0.25) is 4.99 Å². The highest BCUT2D eigenvalue weighted by atomic mass is 16.5. The van der Waals surface area contributed by atoms with Crippen LogP contribution in [0.5, 0.6) is 0 Å². The van der Waals surface area contributed by atoms with Crippen LogP contribution in [0.2, 0.25) is 0 Å². The highest BCUT2D eigenvalue weighted by molar-refractivity contribution is 5.80. The van der Waals surface area contributed by atoms with Crippen molar-refractivity contribution in [2.45, 2.75) is 45.4 Å².